The van der Waals surface area contributed by atoms with Gasteiger partial charge in [-0.1, -0.05) is 26.0 Å². The number of rotatable bonds is 5. The molecule has 1 aromatic carbocycles. The number of nitrogens with zero attached hydrogens (tertiary/aromatic N) is 2. The molecule has 0 aromatic heterocycles. The number of hydrogen-bond donors (Lipinski definition) is 2. The lowest BCUT2D eigenvalue weighted by Crippen LogP contribution is -2.35. The Kier molecular flexibility index (Phi) is 6.00. The Morgan fingerprint density at radius 3 is 2.63 bits per heavy atom. The third-order valence-corrected chi connectivity index (χ3v) is 8.18. The molecule has 2 heterocycles. The zero-order valence-corrected chi connectivity index (χ0v) is 17.9. The highest BCUT2D eigenvalue weighted by Crippen LogP contribution is 2.44. The van der Waals surface area contributed by atoms with Crippen molar-refractivity contribution in [2.24, 2.45) is 0 Å². The molecule has 0 aliphatic carbocycles. The molecule has 2 N–H and O–H groups in total. The smallest absolute Gasteiger partial charge is 0.334 e. The SMILES string of the molecule is CCC1CN(CC)CC2=C(C(c3cccc([N+](=O)[O-])c3)C(C(=O)O)=C(C)N2)S1(=O)=O. The lowest BCUT2D eigenvalue weighted by Gasteiger charge is -2.31. The maximum Gasteiger partial charge on any atom is 0.334 e. The second-order valence-corrected chi connectivity index (χ2v) is 9.70. The first-order valence-corrected chi connectivity index (χ1v) is 11.3. The molecule has 30 heavy (non-hydrogen) atoms. The molecular formula is C20H25N3O6S. The number of nitro benzene ring substituents is 1. The number of nitro groups is 1. The molecule has 10 heteroatoms. The Bertz CT molecular complexity index is 1060. The summed E-state index contributed by atoms with van der Waals surface area (Å²) in [5.41, 5.74) is 0.713. The Labute approximate surface area is 175 Å². The molecule has 1 aromatic rings. The van der Waals surface area contributed by atoms with Crippen LogP contribution in [0.5, 0.6) is 0 Å². The van der Waals surface area contributed by atoms with Gasteiger partial charge in [0.15, 0.2) is 9.84 Å². The average Bonchev–Trinajstić information content (AvgIpc) is 2.79. The van der Waals surface area contributed by atoms with E-state index in [0.29, 0.717) is 37.4 Å². The number of nitrogens with one attached hydrogen (secondary N) is 1. The van der Waals surface area contributed by atoms with Crippen molar-refractivity contribution >= 4 is 21.5 Å². The van der Waals surface area contributed by atoms with Crippen LogP contribution in [-0.4, -0.2) is 54.2 Å². The molecule has 0 spiro atoms. The van der Waals surface area contributed by atoms with E-state index in [1.54, 1.807) is 19.9 Å². The van der Waals surface area contributed by atoms with Crippen LogP contribution in [0.1, 0.15) is 38.7 Å². The van der Waals surface area contributed by atoms with E-state index in [0.717, 1.165) is 0 Å². The molecule has 0 radical (unpaired) electrons. The van der Waals surface area contributed by atoms with Gasteiger partial charge in [0.1, 0.15) is 0 Å². The highest BCUT2D eigenvalue weighted by molar-refractivity contribution is 7.96. The minimum atomic E-state index is -3.87. The molecule has 2 aliphatic heterocycles. The van der Waals surface area contributed by atoms with E-state index >= 15 is 0 Å². The van der Waals surface area contributed by atoms with E-state index in [1.165, 1.54) is 18.2 Å². The number of carboxylic acids is 1. The zero-order valence-electron chi connectivity index (χ0n) is 17.1. The number of allylic oxidation sites excluding steroid dienone is 2. The number of carbonyl (C=O) groups is 1. The molecule has 0 amide bonds. The molecule has 9 nitrogen and oxygen atoms in total. The summed E-state index contributed by atoms with van der Waals surface area (Å²) >= 11 is 0. The van der Waals surface area contributed by atoms with Crippen LogP contribution in [0.4, 0.5) is 5.69 Å². The van der Waals surface area contributed by atoms with Gasteiger partial charge in [-0.15, -0.1) is 0 Å². The predicted molar refractivity (Wildman–Crippen MR) is 111 cm³/mol. The van der Waals surface area contributed by atoms with Crippen molar-refractivity contribution in [3.63, 3.8) is 0 Å². The topological polar surface area (TPSA) is 130 Å². The van der Waals surface area contributed by atoms with Gasteiger partial charge in [-0.05, 0) is 25.5 Å². The third kappa shape index (κ3) is 3.72. The summed E-state index contributed by atoms with van der Waals surface area (Å²) in [6.07, 6.45) is 0.377. The van der Waals surface area contributed by atoms with Crippen molar-refractivity contribution in [2.45, 2.75) is 38.4 Å². The minimum absolute atomic E-state index is 0.00815. The summed E-state index contributed by atoms with van der Waals surface area (Å²) in [7, 11) is -3.87. The van der Waals surface area contributed by atoms with Gasteiger partial charge in [-0.3, -0.25) is 15.0 Å². The van der Waals surface area contributed by atoms with Crippen LogP contribution in [0.3, 0.4) is 0 Å². The molecule has 2 aliphatic rings. The van der Waals surface area contributed by atoms with Crippen molar-refractivity contribution in [3.8, 4) is 0 Å². The van der Waals surface area contributed by atoms with E-state index in [-0.39, 0.29) is 21.7 Å². The van der Waals surface area contributed by atoms with Gasteiger partial charge >= 0.3 is 5.97 Å². The normalized spacial score (nSPS) is 24.1. The number of benzene rings is 1. The van der Waals surface area contributed by atoms with Crippen molar-refractivity contribution in [2.75, 3.05) is 19.6 Å². The quantitative estimate of drug-likeness (QED) is 0.533. The second kappa shape index (κ2) is 8.19. The van der Waals surface area contributed by atoms with Crippen molar-refractivity contribution < 1.29 is 23.2 Å². The number of aliphatic carboxylic acids is 1. The van der Waals surface area contributed by atoms with Gasteiger partial charge in [0.05, 0.1) is 26.6 Å². The van der Waals surface area contributed by atoms with Crippen LogP contribution in [0, 0.1) is 10.1 Å². The van der Waals surface area contributed by atoms with Crippen LogP contribution in [0.25, 0.3) is 0 Å². The number of non-ortho nitro benzene ring substituents is 1. The van der Waals surface area contributed by atoms with Gasteiger partial charge in [-0.2, -0.15) is 0 Å². The molecule has 0 saturated carbocycles. The molecule has 0 bridgehead atoms. The summed E-state index contributed by atoms with van der Waals surface area (Å²) in [5, 5.41) is 23.5. The number of dihydropyridines is 1. The van der Waals surface area contributed by atoms with Crippen molar-refractivity contribution in [3.05, 3.63) is 61.8 Å². The molecule has 0 saturated heterocycles. The molecule has 2 unspecified atom stereocenters. The summed E-state index contributed by atoms with van der Waals surface area (Å²) in [5.74, 6) is -2.38. The van der Waals surface area contributed by atoms with Gasteiger partial charge < -0.3 is 10.4 Å². The predicted octanol–water partition coefficient (Wildman–Crippen LogP) is 2.38. The standard InChI is InChI=1S/C20H25N3O6S/c1-4-15-10-22(5-2)11-16-19(30(15,28)29)18(17(20(24)25)12(3)21-16)13-7-6-8-14(9-13)23(26)27/h6-9,15,18,21H,4-5,10-11H2,1-3H3,(H,24,25). The monoisotopic (exact) mass is 435 g/mol. The Hall–Kier alpha value is -2.72. The van der Waals surface area contributed by atoms with Crippen molar-refractivity contribution in [1.29, 1.82) is 0 Å². The molecule has 2 atom stereocenters. The van der Waals surface area contributed by atoms with Crippen LogP contribution < -0.4 is 5.32 Å². The Morgan fingerprint density at radius 1 is 1.37 bits per heavy atom. The highest BCUT2D eigenvalue weighted by Gasteiger charge is 2.45. The summed E-state index contributed by atoms with van der Waals surface area (Å²) in [6.45, 7) is 6.63. The van der Waals surface area contributed by atoms with E-state index in [1.807, 2.05) is 11.8 Å². The van der Waals surface area contributed by atoms with E-state index < -0.39 is 31.9 Å². The summed E-state index contributed by atoms with van der Waals surface area (Å²) in [4.78, 5) is 24.9. The molecule has 3 rings (SSSR count). The first-order valence-electron chi connectivity index (χ1n) is 9.76. The fourth-order valence-corrected chi connectivity index (χ4v) is 6.44. The number of hydrogen-bond acceptors (Lipinski definition) is 7. The number of sulfone groups is 1. The van der Waals surface area contributed by atoms with Crippen LogP contribution >= 0.6 is 0 Å². The Balaban J connectivity index is 2.32. The fraction of sp³-hybridized carbons (Fsp3) is 0.450. The molecule has 162 valence electrons. The van der Waals surface area contributed by atoms with Gasteiger partial charge in [-0.25, -0.2) is 13.2 Å². The molecule has 0 fully saturated rings. The van der Waals surface area contributed by atoms with Crippen LogP contribution in [0.15, 0.2) is 46.1 Å². The van der Waals surface area contributed by atoms with Crippen LogP contribution in [0.2, 0.25) is 0 Å². The van der Waals surface area contributed by atoms with Crippen molar-refractivity contribution in [1.82, 2.24) is 10.2 Å². The lowest BCUT2D eigenvalue weighted by molar-refractivity contribution is -0.384. The third-order valence-electron chi connectivity index (χ3n) is 5.73. The summed E-state index contributed by atoms with van der Waals surface area (Å²) < 4.78 is 27.3. The largest absolute Gasteiger partial charge is 0.478 e. The Morgan fingerprint density at radius 2 is 2.07 bits per heavy atom. The maximum atomic E-state index is 13.7. The maximum absolute atomic E-state index is 13.7. The number of carboxylic acid groups (broad SMARTS) is 1. The molecular weight excluding hydrogens is 410 g/mol. The first-order chi connectivity index (χ1) is 14.1. The lowest BCUT2D eigenvalue weighted by atomic mass is 9.86. The zero-order chi connectivity index (χ0) is 22.2. The minimum Gasteiger partial charge on any atom is -0.478 e. The summed E-state index contributed by atoms with van der Waals surface area (Å²) in [6, 6.07) is 5.55. The van der Waals surface area contributed by atoms with E-state index in [9.17, 15) is 28.4 Å². The van der Waals surface area contributed by atoms with Gasteiger partial charge in [0.25, 0.3) is 5.69 Å². The first kappa shape index (κ1) is 22.0. The fourth-order valence-electron chi connectivity index (χ4n) is 4.19. The van der Waals surface area contributed by atoms with Gasteiger partial charge in [0, 0.05) is 36.6 Å². The van der Waals surface area contributed by atoms with E-state index in [2.05, 4.69) is 5.32 Å². The highest BCUT2D eigenvalue weighted by atomic mass is 32.2. The average molecular weight is 436 g/mol. The van der Waals surface area contributed by atoms with Crippen LogP contribution in [-0.2, 0) is 14.6 Å². The number of likely N-dealkylation sites (N-methyl/N-ethyl adjacent to an activating group) is 1. The second-order valence-electron chi connectivity index (χ2n) is 7.50. The van der Waals surface area contributed by atoms with E-state index in [4.69, 9.17) is 0 Å². The van der Waals surface area contributed by atoms with Gasteiger partial charge in [0.2, 0.25) is 0 Å².